The molecule has 6 heteroatoms. The van der Waals surface area contributed by atoms with E-state index in [2.05, 4.69) is 22.3 Å². The largest absolute Gasteiger partial charge is 0.322 e. The second-order valence-electron chi connectivity index (χ2n) is 6.35. The number of urea groups is 1. The lowest BCUT2D eigenvalue weighted by Gasteiger charge is -2.28. The number of unbranched alkanes of at least 4 members (excludes halogenated alkanes) is 1. The number of anilines is 1. The average molecular weight is 343 g/mol. The van der Waals surface area contributed by atoms with Crippen molar-refractivity contribution in [2.45, 2.75) is 59.5 Å². The van der Waals surface area contributed by atoms with Crippen molar-refractivity contribution in [1.82, 2.24) is 19.7 Å². The van der Waals surface area contributed by atoms with Crippen molar-refractivity contribution in [1.29, 1.82) is 0 Å². The Balaban J connectivity index is 2.19. The number of rotatable bonds is 7. The van der Waals surface area contributed by atoms with Crippen molar-refractivity contribution in [2.75, 3.05) is 12.4 Å². The summed E-state index contributed by atoms with van der Waals surface area (Å²) in [5.41, 5.74) is 3.69. The van der Waals surface area contributed by atoms with Gasteiger partial charge in [0.15, 0.2) is 0 Å². The minimum absolute atomic E-state index is 0.00971. The van der Waals surface area contributed by atoms with E-state index in [0.29, 0.717) is 0 Å². The molecule has 2 rings (SSSR count). The van der Waals surface area contributed by atoms with Crippen LogP contribution in [0.4, 0.5) is 10.5 Å². The van der Waals surface area contributed by atoms with Gasteiger partial charge in [0.05, 0.1) is 23.1 Å². The first-order chi connectivity index (χ1) is 12.0. The zero-order valence-corrected chi connectivity index (χ0v) is 15.9. The van der Waals surface area contributed by atoms with Gasteiger partial charge in [0.25, 0.3) is 0 Å². The number of amides is 2. The molecule has 0 aliphatic carbocycles. The lowest BCUT2D eigenvalue weighted by molar-refractivity contribution is 0.199. The van der Waals surface area contributed by atoms with E-state index >= 15 is 0 Å². The summed E-state index contributed by atoms with van der Waals surface area (Å²) < 4.78 is 1.90. The number of hydrogen-bond donors (Lipinski definition) is 1. The zero-order chi connectivity index (χ0) is 18.4. The standard InChI is InChI=1S/C19H29N5O/c1-6-8-11-17(16-10-9-12-20-13-16)23(5)19(25)21-18-14(3)22-24(7-2)15(18)4/h9-10,12-13,17H,6-8,11H2,1-5H3,(H,21,25). The third-order valence-corrected chi connectivity index (χ3v) is 4.60. The first kappa shape index (κ1) is 19.0. The minimum Gasteiger partial charge on any atom is -0.320 e. The number of pyridine rings is 1. The molecular formula is C19H29N5O. The maximum Gasteiger partial charge on any atom is 0.322 e. The van der Waals surface area contributed by atoms with Crippen LogP contribution in [0.25, 0.3) is 0 Å². The molecule has 0 bridgehead atoms. The Hall–Kier alpha value is -2.37. The van der Waals surface area contributed by atoms with Crippen molar-refractivity contribution in [2.24, 2.45) is 0 Å². The van der Waals surface area contributed by atoms with Crippen LogP contribution in [0.1, 0.15) is 56.1 Å². The molecule has 25 heavy (non-hydrogen) atoms. The molecule has 6 nitrogen and oxygen atoms in total. The van der Waals surface area contributed by atoms with Gasteiger partial charge in [-0.05, 0) is 38.8 Å². The van der Waals surface area contributed by atoms with Crippen LogP contribution in [0.2, 0.25) is 0 Å². The summed E-state index contributed by atoms with van der Waals surface area (Å²) in [7, 11) is 1.84. The van der Waals surface area contributed by atoms with E-state index in [9.17, 15) is 4.79 Å². The van der Waals surface area contributed by atoms with Crippen molar-refractivity contribution >= 4 is 11.7 Å². The lowest BCUT2D eigenvalue weighted by Crippen LogP contribution is -2.35. The van der Waals surface area contributed by atoms with Gasteiger partial charge in [-0.25, -0.2) is 4.79 Å². The molecule has 0 aliphatic heterocycles. The first-order valence-electron chi connectivity index (χ1n) is 8.97. The molecular weight excluding hydrogens is 314 g/mol. The van der Waals surface area contributed by atoms with E-state index in [0.717, 1.165) is 48.4 Å². The molecule has 0 radical (unpaired) electrons. The highest BCUT2D eigenvalue weighted by Gasteiger charge is 2.23. The Kier molecular flexibility index (Phi) is 6.56. The molecule has 136 valence electrons. The summed E-state index contributed by atoms with van der Waals surface area (Å²) in [6.07, 6.45) is 6.66. The molecule has 2 heterocycles. The number of aryl methyl sites for hydroxylation is 2. The lowest BCUT2D eigenvalue weighted by atomic mass is 10.0. The topological polar surface area (TPSA) is 63.1 Å². The highest BCUT2D eigenvalue weighted by molar-refractivity contribution is 5.90. The Bertz CT molecular complexity index is 695. The third-order valence-electron chi connectivity index (χ3n) is 4.60. The van der Waals surface area contributed by atoms with E-state index in [1.807, 2.05) is 50.8 Å². The molecule has 1 N–H and O–H groups in total. The molecule has 0 aliphatic rings. The van der Waals surface area contributed by atoms with Gasteiger partial charge >= 0.3 is 6.03 Å². The SMILES string of the molecule is CCCCC(c1cccnc1)N(C)C(=O)Nc1c(C)nn(CC)c1C. The summed E-state index contributed by atoms with van der Waals surface area (Å²) in [6, 6.07) is 3.84. The minimum atomic E-state index is -0.119. The fraction of sp³-hybridized carbons (Fsp3) is 0.526. The van der Waals surface area contributed by atoms with Crippen LogP contribution in [-0.2, 0) is 6.54 Å². The van der Waals surface area contributed by atoms with Crippen LogP contribution in [0.15, 0.2) is 24.5 Å². The van der Waals surface area contributed by atoms with Crippen molar-refractivity contribution in [3.8, 4) is 0 Å². The van der Waals surface area contributed by atoms with E-state index in [1.54, 1.807) is 11.1 Å². The zero-order valence-electron chi connectivity index (χ0n) is 15.9. The van der Waals surface area contributed by atoms with Gasteiger partial charge in [-0.1, -0.05) is 25.8 Å². The van der Waals surface area contributed by atoms with Crippen LogP contribution in [-0.4, -0.2) is 32.7 Å². The van der Waals surface area contributed by atoms with Crippen molar-refractivity contribution in [3.63, 3.8) is 0 Å². The van der Waals surface area contributed by atoms with Crippen LogP contribution in [0.3, 0.4) is 0 Å². The van der Waals surface area contributed by atoms with Gasteiger partial charge in [0.1, 0.15) is 0 Å². The van der Waals surface area contributed by atoms with Gasteiger partial charge in [-0.2, -0.15) is 5.10 Å². The summed E-state index contributed by atoms with van der Waals surface area (Å²) in [5.74, 6) is 0. The molecule has 2 aromatic rings. The molecule has 1 atom stereocenters. The van der Waals surface area contributed by atoms with Crippen LogP contribution < -0.4 is 5.32 Å². The highest BCUT2D eigenvalue weighted by Crippen LogP contribution is 2.26. The van der Waals surface area contributed by atoms with Gasteiger partial charge in [0, 0.05) is 26.0 Å². The maximum atomic E-state index is 12.8. The molecule has 0 fully saturated rings. The molecule has 0 aromatic carbocycles. The predicted octanol–water partition coefficient (Wildman–Crippen LogP) is 4.31. The Morgan fingerprint density at radius 1 is 1.36 bits per heavy atom. The van der Waals surface area contributed by atoms with Crippen LogP contribution in [0.5, 0.6) is 0 Å². The molecule has 0 saturated carbocycles. The van der Waals surface area contributed by atoms with E-state index in [-0.39, 0.29) is 12.1 Å². The van der Waals surface area contributed by atoms with E-state index < -0.39 is 0 Å². The molecule has 1 unspecified atom stereocenters. The van der Waals surface area contributed by atoms with Crippen molar-refractivity contribution in [3.05, 3.63) is 41.5 Å². The number of carbonyl (C=O) groups excluding carboxylic acids is 1. The maximum absolute atomic E-state index is 12.8. The number of nitrogens with one attached hydrogen (secondary N) is 1. The summed E-state index contributed by atoms with van der Waals surface area (Å²) in [5, 5.41) is 7.51. The Morgan fingerprint density at radius 3 is 2.68 bits per heavy atom. The predicted molar refractivity (Wildman–Crippen MR) is 101 cm³/mol. The smallest absolute Gasteiger partial charge is 0.320 e. The fourth-order valence-electron chi connectivity index (χ4n) is 3.08. The van der Waals surface area contributed by atoms with Gasteiger partial charge in [-0.15, -0.1) is 0 Å². The average Bonchev–Trinajstić information content (AvgIpc) is 2.90. The first-order valence-corrected chi connectivity index (χ1v) is 8.97. The fourth-order valence-corrected chi connectivity index (χ4v) is 3.08. The number of hydrogen-bond acceptors (Lipinski definition) is 3. The Labute approximate surface area is 150 Å². The second kappa shape index (κ2) is 8.65. The molecule has 2 aromatic heterocycles. The molecule has 2 amide bonds. The van der Waals surface area contributed by atoms with Gasteiger partial charge in [-0.3, -0.25) is 9.67 Å². The third kappa shape index (κ3) is 4.38. The quantitative estimate of drug-likeness (QED) is 0.815. The van der Waals surface area contributed by atoms with Crippen molar-refractivity contribution < 1.29 is 4.79 Å². The molecule has 0 spiro atoms. The number of nitrogens with zero attached hydrogens (tertiary/aromatic N) is 4. The van der Waals surface area contributed by atoms with Gasteiger partial charge in [0.2, 0.25) is 0 Å². The number of carbonyl (C=O) groups is 1. The van der Waals surface area contributed by atoms with E-state index in [4.69, 9.17) is 0 Å². The summed E-state index contributed by atoms with van der Waals surface area (Å²) in [6.45, 7) is 8.89. The van der Waals surface area contributed by atoms with Crippen LogP contribution in [0, 0.1) is 13.8 Å². The normalized spacial score (nSPS) is 12.0. The van der Waals surface area contributed by atoms with E-state index in [1.165, 1.54) is 0 Å². The monoisotopic (exact) mass is 343 g/mol. The van der Waals surface area contributed by atoms with Gasteiger partial charge < -0.3 is 10.2 Å². The summed E-state index contributed by atoms with van der Waals surface area (Å²) in [4.78, 5) is 18.8. The van der Waals surface area contributed by atoms with Crippen LogP contribution >= 0.6 is 0 Å². The second-order valence-corrected chi connectivity index (χ2v) is 6.35. The summed E-state index contributed by atoms with van der Waals surface area (Å²) >= 11 is 0. The molecule has 0 saturated heterocycles. The highest BCUT2D eigenvalue weighted by atomic mass is 16.2. The number of aromatic nitrogens is 3. The Morgan fingerprint density at radius 2 is 2.12 bits per heavy atom.